The van der Waals surface area contributed by atoms with Gasteiger partial charge in [0, 0.05) is 27.3 Å². The van der Waals surface area contributed by atoms with E-state index in [1.54, 1.807) is 11.3 Å². The number of halogens is 1. The number of Topliss-reactive ketones (excluding diaryl/α,β-unsaturated/α-hetero) is 1. The van der Waals surface area contributed by atoms with Crippen LogP contribution < -0.4 is 5.32 Å². The van der Waals surface area contributed by atoms with Crippen LogP contribution in [0, 0.1) is 0 Å². The maximum absolute atomic E-state index is 12.6. The standard InChI is InChI=1S/C14H12BrNOS/c15-12-8-18-7-11(12)14(17)13-10-4-2-1-3-9(10)5-6-16-13/h1-4,7-8,13,16H,5-6H2. The van der Waals surface area contributed by atoms with Crippen LogP contribution in [-0.2, 0) is 6.42 Å². The van der Waals surface area contributed by atoms with Crippen molar-refractivity contribution < 1.29 is 4.79 Å². The van der Waals surface area contributed by atoms with Crippen molar-refractivity contribution in [2.24, 2.45) is 0 Å². The number of hydrogen-bond donors (Lipinski definition) is 1. The minimum Gasteiger partial charge on any atom is -0.303 e. The number of benzene rings is 1. The van der Waals surface area contributed by atoms with Gasteiger partial charge in [-0.3, -0.25) is 4.79 Å². The second-order valence-corrected chi connectivity index (χ2v) is 5.93. The van der Waals surface area contributed by atoms with Gasteiger partial charge in [0.25, 0.3) is 0 Å². The quantitative estimate of drug-likeness (QED) is 0.856. The number of carbonyl (C=O) groups is 1. The molecule has 1 unspecified atom stereocenters. The van der Waals surface area contributed by atoms with Gasteiger partial charge in [-0.05, 0) is 33.5 Å². The van der Waals surface area contributed by atoms with E-state index in [1.165, 1.54) is 5.56 Å². The van der Waals surface area contributed by atoms with Gasteiger partial charge in [-0.1, -0.05) is 24.3 Å². The van der Waals surface area contributed by atoms with Gasteiger partial charge in [0.2, 0.25) is 0 Å². The molecule has 1 aliphatic rings. The van der Waals surface area contributed by atoms with Gasteiger partial charge >= 0.3 is 0 Å². The highest BCUT2D eigenvalue weighted by Gasteiger charge is 2.27. The molecule has 0 radical (unpaired) electrons. The predicted molar refractivity (Wildman–Crippen MR) is 77.2 cm³/mol. The fourth-order valence-electron chi connectivity index (χ4n) is 2.35. The maximum atomic E-state index is 12.6. The molecule has 2 aromatic rings. The van der Waals surface area contributed by atoms with Crippen LogP contribution in [0.15, 0.2) is 39.5 Å². The average Bonchev–Trinajstić information content (AvgIpc) is 2.83. The van der Waals surface area contributed by atoms with E-state index < -0.39 is 0 Å². The molecular formula is C14H12BrNOS. The Bertz CT molecular complexity index is 593. The maximum Gasteiger partial charge on any atom is 0.186 e. The number of ketones is 1. The molecule has 2 nitrogen and oxygen atoms in total. The molecule has 0 fully saturated rings. The SMILES string of the molecule is O=C(c1cscc1Br)C1NCCc2ccccc21. The van der Waals surface area contributed by atoms with E-state index in [2.05, 4.69) is 27.3 Å². The van der Waals surface area contributed by atoms with E-state index in [1.807, 2.05) is 29.0 Å². The fraction of sp³-hybridized carbons (Fsp3) is 0.214. The van der Waals surface area contributed by atoms with Crippen LogP contribution in [0.3, 0.4) is 0 Å². The van der Waals surface area contributed by atoms with E-state index in [-0.39, 0.29) is 11.8 Å². The Morgan fingerprint density at radius 2 is 2.17 bits per heavy atom. The molecule has 1 aromatic heterocycles. The summed E-state index contributed by atoms with van der Waals surface area (Å²) >= 11 is 4.98. The first-order chi connectivity index (χ1) is 8.77. The van der Waals surface area contributed by atoms with Gasteiger partial charge in [-0.15, -0.1) is 0 Å². The lowest BCUT2D eigenvalue weighted by atomic mass is 9.90. The Morgan fingerprint density at radius 1 is 1.33 bits per heavy atom. The van der Waals surface area contributed by atoms with Crippen LogP contribution >= 0.6 is 27.3 Å². The van der Waals surface area contributed by atoms with Gasteiger partial charge < -0.3 is 5.32 Å². The summed E-state index contributed by atoms with van der Waals surface area (Å²) in [5.41, 5.74) is 3.17. The fourth-order valence-corrected chi connectivity index (χ4v) is 3.83. The molecule has 0 amide bonds. The minimum absolute atomic E-state index is 0.148. The van der Waals surface area contributed by atoms with E-state index in [0.717, 1.165) is 28.6 Å². The second-order valence-electron chi connectivity index (χ2n) is 4.33. The van der Waals surface area contributed by atoms with Crippen molar-refractivity contribution in [2.45, 2.75) is 12.5 Å². The summed E-state index contributed by atoms with van der Waals surface area (Å²) in [7, 11) is 0. The molecule has 92 valence electrons. The molecule has 1 aliphatic heterocycles. The third-order valence-electron chi connectivity index (χ3n) is 3.25. The van der Waals surface area contributed by atoms with Crippen molar-refractivity contribution >= 4 is 33.0 Å². The van der Waals surface area contributed by atoms with Crippen molar-refractivity contribution in [1.82, 2.24) is 5.32 Å². The second kappa shape index (κ2) is 4.96. The molecule has 0 saturated carbocycles. The molecule has 0 spiro atoms. The summed E-state index contributed by atoms with van der Waals surface area (Å²) < 4.78 is 0.891. The zero-order valence-electron chi connectivity index (χ0n) is 9.65. The van der Waals surface area contributed by atoms with Crippen LogP contribution in [0.2, 0.25) is 0 Å². The molecule has 4 heteroatoms. The summed E-state index contributed by atoms with van der Waals surface area (Å²) in [6, 6.07) is 7.98. The monoisotopic (exact) mass is 321 g/mol. The predicted octanol–water partition coefficient (Wildman–Crippen LogP) is 3.58. The summed E-state index contributed by atoms with van der Waals surface area (Å²) in [5.74, 6) is 0.148. The minimum atomic E-state index is -0.208. The largest absolute Gasteiger partial charge is 0.303 e. The van der Waals surface area contributed by atoms with Gasteiger partial charge in [0.1, 0.15) is 0 Å². The number of nitrogens with one attached hydrogen (secondary N) is 1. The number of carbonyl (C=O) groups excluding carboxylic acids is 1. The van der Waals surface area contributed by atoms with Gasteiger partial charge in [-0.25, -0.2) is 0 Å². The summed E-state index contributed by atoms with van der Waals surface area (Å²) in [4.78, 5) is 12.6. The van der Waals surface area contributed by atoms with Crippen LogP contribution in [0.5, 0.6) is 0 Å². The molecule has 2 heterocycles. The van der Waals surface area contributed by atoms with Crippen molar-refractivity contribution in [3.05, 3.63) is 56.2 Å². The lowest BCUT2D eigenvalue weighted by Crippen LogP contribution is -2.35. The van der Waals surface area contributed by atoms with Crippen molar-refractivity contribution in [2.75, 3.05) is 6.54 Å². The lowest BCUT2D eigenvalue weighted by molar-refractivity contribution is 0.0939. The molecule has 3 rings (SSSR count). The molecular weight excluding hydrogens is 310 g/mol. The Balaban J connectivity index is 2.00. The molecule has 1 N–H and O–H groups in total. The first-order valence-electron chi connectivity index (χ1n) is 5.84. The van der Waals surface area contributed by atoms with Crippen LogP contribution in [0.4, 0.5) is 0 Å². The summed E-state index contributed by atoms with van der Waals surface area (Å²) in [6.45, 7) is 0.856. The van der Waals surface area contributed by atoms with Crippen LogP contribution in [-0.4, -0.2) is 12.3 Å². The highest BCUT2D eigenvalue weighted by atomic mass is 79.9. The molecule has 1 aromatic carbocycles. The third-order valence-corrected chi connectivity index (χ3v) is 4.95. The molecule has 0 aliphatic carbocycles. The number of fused-ring (bicyclic) bond motifs is 1. The summed E-state index contributed by atoms with van der Waals surface area (Å²) in [6.07, 6.45) is 0.991. The third kappa shape index (κ3) is 2.05. The Hall–Kier alpha value is -0.970. The highest BCUT2D eigenvalue weighted by Crippen LogP contribution is 2.30. The Kier molecular flexibility index (Phi) is 3.33. The van der Waals surface area contributed by atoms with Crippen molar-refractivity contribution in [1.29, 1.82) is 0 Å². The molecule has 0 bridgehead atoms. The van der Waals surface area contributed by atoms with Crippen molar-refractivity contribution in [3.63, 3.8) is 0 Å². The lowest BCUT2D eigenvalue weighted by Gasteiger charge is -2.25. The van der Waals surface area contributed by atoms with Crippen LogP contribution in [0.1, 0.15) is 27.5 Å². The highest BCUT2D eigenvalue weighted by molar-refractivity contribution is 9.10. The Morgan fingerprint density at radius 3 is 2.94 bits per heavy atom. The van der Waals surface area contributed by atoms with E-state index in [9.17, 15) is 4.79 Å². The number of hydrogen-bond acceptors (Lipinski definition) is 3. The molecule has 18 heavy (non-hydrogen) atoms. The average molecular weight is 322 g/mol. The first-order valence-corrected chi connectivity index (χ1v) is 7.58. The van der Waals surface area contributed by atoms with Gasteiger partial charge in [0.15, 0.2) is 5.78 Å². The van der Waals surface area contributed by atoms with E-state index in [4.69, 9.17) is 0 Å². The zero-order chi connectivity index (χ0) is 12.5. The topological polar surface area (TPSA) is 29.1 Å². The number of rotatable bonds is 2. The van der Waals surface area contributed by atoms with E-state index in [0.29, 0.717) is 0 Å². The molecule has 0 saturated heterocycles. The first kappa shape index (κ1) is 12.1. The number of thiophene rings is 1. The smallest absolute Gasteiger partial charge is 0.186 e. The zero-order valence-corrected chi connectivity index (χ0v) is 12.1. The molecule has 1 atom stereocenters. The van der Waals surface area contributed by atoms with E-state index >= 15 is 0 Å². The summed E-state index contributed by atoms with van der Waals surface area (Å²) in [5, 5.41) is 7.18. The van der Waals surface area contributed by atoms with Gasteiger partial charge in [0.05, 0.1) is 6.04 Å². The van der Waals surface area contributed by atoms with Crippen LogP contribution in [0.25, 0.3) is 0 Å². The van der Waals surface area contributed by atoms with Crippen molar-refractivity contribution in [3.8, 4) is 0 Å². The van der Waals surface area contributed by atoms with Gasteiger partial charge in [-0.2, -0.15) is 11.3 Å². The Labute approximate surface area is 118 Å². The normalized spacial score (nSPS) is 18.4.